The fourth-order valence-electron chi connectivity index (χ4n) is 0.765. The number of aromatic nitrogens is 1. The van der Waals surface area contributed by atoms with E-state index in [4.69, 9.17) is 16.4 Å². The van der Waals surface area contributed by atoms with E-state index in [1.54, 1.807) is 12.1 Å². The summed E-state index contributed by atoms with van der Waals surface area (Å²) in [5.74, 6) is 0.487. The smallest absolute Gasteiger partial charge is 0.210 e. The van der Waals surface area contributed by atoms with Crippen LogP contribution in [0.5, 0.6) is 5.88 Å². The van der Waals surface area contributed by atoms with Gasteiger partial charge in [0, 0.05) is 19.2 Å². The molecule has 0 fully saturated rings. The topological polar surface area (TPSA) is 46.7 Å². The van der Waals surface area contributed by atoms with Gasteiger partial charge in [-0.3, -0.25) is 0 Å². The van der Waals surface area contributed by atoms with Crippen molar-refractivity contribution in [2.75, 3.05) is 13.2 Å². The number of hydrogen-bond acceptors (Lipinski definition) is 3. The van der Waals surface area contributed by atoms with Crippen molar-refractivity contribution >= 4 is 5.69 Å². The predicted octanol–water partition coefficient (Wildman–Crippen LogP) is 1.39. The number of rotatable bonds is 4. The maximum atomic E-state index is 8.49. The van der Waals surface area contributed by atoms with E-state index in [-0.39, 0.29) is 6.61 Å². The first-order valence-corrected chi connectivity index (χ1v) is 3.94. The molecule has 0 amide bonds. The van der Waals surface area contributed by atoms with E-state index in [0.29, 0.717) is 24.6 Å². The first-order chi connectivity index (χ1) is 6.36. The van der Waals surface area contributed by atoms with Gasteiger partial charge in [-0.05, 0) is 12.1 Å². The summed E-state index contributed by atoms with van der Waals surface area (Å²) in [6.07, 6.45) is 2.05. The molecule has 0 saturated heterocycles. The van der Waals surface area contributed by atoms with Crippen LogP contribution in [0.1, 0.15) is 6.42 Å². The van der Waals surface area contributed by atoms with Gasteiger partial charge in [-0.1, -0.05) is 0 Å². The minimum Gasteiger partial charge on any atom is -0.478 e. The van der Waals surface area contributed by atoms with Crippen LogP contribution in [0.15, 0.2) is 18.3 Å². The molecule has 0 unspecified atom stereocenters. The Morgan fingerprint density at radius 1 is 1.54 bits per heavy atom. The number of nitrogens with zero attached hydrogens (tertiary/aromatic N) is 2. The van der Waals surface area contributed by atoms with Gasteiger partial charge in [0.2, 0.25) is 11.6 Å². The van der Waals surface area contributed by atoms with E-state index in [2.05, 4.69) is 9.83 Å². The minimum absolute atomic E-state index is 0.111. The van der Waals surface area contributed by atoms with Crippen LogP contribution in [0, 0.1) is 6.57 Å². The average Bonchev–Trinajstić information content (AvgIpc) is 2.19. The number of ether oxygens (including phenoxy) is 1. The van der Waals surface area contributed by atoms with Gasteiger partial charge < -0.3 is 9.84 Å². The Balaban J connectivity index is 2.46. The molecule has 4 heteroatoms. The van der Waals surface area contributed by atoms with E-state index in [9.17, 15) is 0 Å². The van der Waals surface area contributed by atoms with Crippen LogP contribution in [0.4, 0.5) is 5.69 Å². The Morgan fingerprint density at radius 3 is 2.92 bits per heavy atom. The Morgan fingerprint density at radius 2 is 2.38 bits per heavy atom. The van der Waals surface area contributed by atoms with Crippen LogP contribution in [0.25, 0.3) is 4.85 Å². The van der Waals surface area contributed by atoms with Crippen molar-refractivity contribution in [2.45, 2.75) is 6.42 Å². The molecule has 0 aliphatic heterocycles. The molecule has 1 N–H and O–H groups in total. The molecule has 0 saturated carbocycles. The lowest BCUT2D eigenvalue weighted by molar-refractivity contribution is 0.229. The molecule has 0 atom stereocenters. The van der Waals surface area contributed by atoms with Crippen molar-refractivity contribution in [3.8, 4) is 5.88 Å². The summed E-state index contributed by atoms with van der Waals surface area (Å²) in [5.41, 5.74) is 0.495. The molecule has 1 aromatic rings. The molecule has 13 heavy (non-hydrogen) atoms. The normalized spacial score (nSPS) is 9.23. The van der Waals surface area contributed by atoms with Crippen molar-refractivity contribution in [3.05, 3.63) is 29.7 Å². The van der Waals surface area contributed by atoms with E-state index >= 15 is 0 Å². The molecule has 1 rings (SSSR count). The number of pyridine rings is 1. The van der Waals surface area contributed by atoms with E-state index in [1.807, 2.05) is 0 Å². The third-order valence-corrected chi connectivity index (χ3v) is 1.40. The van der Waals surface area contributed by atoms with Gasteiger partial charge in [-0.25, -0.2) is 9.83 Å². The molecular formula is C9H10N2O2. The molecule has 1 aromatic heterocycles. The lowest BCUT2D eigenvalue weighted by Crippen LogP contribution is -2.00. The summed E-state index contributed by atoms with van der Waals surface area (Å²) in [7, 11) is 0. The zero-order valence-electron chi connectivity index (χ0n) is 7.10. The quantitative estimate of drug-likeness (QED) is 0.560. The molecule has 0 bridgehead atoms. The zero-order chi connectivity index (χ0) is 9.52. The van der Waals surface area contributed by atoms with Crippen molar-refractivity contribution in [3.63, 3.8) is 0 Å². The number of hydrogen-bond donors (Lipinski definition) is 1. The third-order valence-electron chi connectivity index (χ3n) is 1.40. The molecule has 4 nitrogen and oxygen atoms in total. The minimum atomic E-state index is 0.111. The molecule has 0 radical (unpaired) electrons. The molecule has 0 aliphatic carbocycles. The summed E-state index contributed by atoms with van der Waals surface area (Å²) in [6.45, 7) is 7.25. The average molecular weight is 178 g/mol. The number of aliphatic hydroxyl groups is 1. The largest absolute Gasteiger partial charge is 0.478 e. The van der Waals surface area contributed by atoms with Gasteiger partial charge >= 0.3 is 0 Å². The fourth-order valence-corrected chi connectivity index (χ4v) is 0.765. The van der Waals surface area contributed by atoms with Gasteiger partial charge in [0.15, 0.2) is 0 Å². The molecule has 68 valence electrons. The highest BCUT2D eigenvalue weighted by atomic mass is 16.5. The van der Waals surface area contributed by atoms with Crippen molar-refractivity contribution in [1.29, 1.82) is 0 Å². The van der Waals surface area contributed by atoms with Gasteiger partial charge in [-0.2, -0.15) is 0 Å². The summed E-state index contributed by atoms with van der Waals surface area (Å²) in [4.78, 5) is 7.10. The fraction of sp³-hybridized carbons (Fsp3) is 0.333. The third kappa shape index (κ3) is 3.09. The molecular weight excluding hydrogens is 168 g/mol. The lowest BCUT2D eigenvalue weighted by Gasteiger charge is -2.02. The van der Waals surface area contributed by atoms with Gasteiger partial charge in [0.05, 0.1) is 13.2 Å². The SMILES string of the molecule is [C-]#[N+]c1ccc(OCCCO)nc1. The van der Waals surface area contributed by atoms with Crippen molar-refractivity contribution in [2.24, 2.45) is 0 Å². The maximum absolute atomic E-state index is 8.49. The second-order valence-corrected chi connectivity index (χ2v) is 2.39. The van der Waals surface area contributed by atoms with Crippen LogP contribution in [0.2, 0.25) is 0 Å². The first kappa shape index (κ1) is 9.49. The van der Waals surface area contributed by atoms with Gasteiger partial charge in [-0.15, -0.1) is 0 Å². The summed E-state index contributed by atoms with van der Waals surface area (Å²) < 4.78 is 5.17. The summed E-state index contributed by atoms with van der Waals surface area (Å²) >= 11 is 0. The zero-order valence-corrected chi connectivity index (χ0v) is 7.10. The first-order valence-electron chi connectivity index (χ1n) is 3.94. The highest BCUT2D eigenvalue weighted by molar-refractivity contribution is 5.42. The summed E-state index contributed by atoms with van der Waals surface area (Å²) in [5, 5.41) is 8.49. The summed E-state index contributed by atoms with van der Waals surface area (Å²) in [6, 6.07) is 3.29. The van der Waals surface area contributed by atoms with Gasteiger partial charge in [0.1, 0.15) is 0 Å². The molecule has 0 spiro atoms. The van der Waals surface area contributed by atoms with Crippen LogP contribution >= 0.6 is 0 Å². The van der Waals surface area contributed by atoms with Crippen LogP contribution in [0.3, 0.4) is 0 Å². The second-order valence-electron chi connectivity index (χ2n) is 2.39. The highest BCUT2D eigenvalue weighted by Crippen LogP contribution is 2.13. The van der Waals surface area contributed by atoms with Gasteiger partial charge in [0.25, 0.3) is 0 Å². The Kier molecular flexibility index (Phi) is 3.74. The van der Waals surface area contributed by atoms with Crippen LogP contribution < -0.4 is 4.74 Å². The molecule has 1 heterocycles. The monoisotopic (exact) mass is 178 g/mol. The van der Waals surface area contributed by atoms with E-state index in [0.717, 1.165) is 0 Å². The Hall–Kier alpha value is -1.60. The maximum Gasteiger partial charge on any atom is 0.210 e. The second kappa shape index (κ2) is 5.12. The molecule has 0 aromatic carbocycles. The lowest BCUT2D eigenvalue weighted by atomic mass is 10.4. The van der Waals surface area contributed by atoms with E-state index < -0.39 is 0 Å². The van der Waals surface area contributed by atoms with Crippen LogP contribution in [-0.2, 0) is 0 Å². The number of aliphatic hydroxyl groups excluding tert-OH is 1. The Bertz CT molecular complexity index is 289. The van der Waals surface area contributed by atoms with Crippen molar-refractivity contribution < 1.29 is 9.84 Å². The molecule has 0 aliphatic rings. The van der Waals surface area contributed by atoms with Crippen LogP contribution in [-0.4, -0.2) is 23.3 Å². The predicted molar refractivity (Wildman–Crippen MR) is 47.7 cm³/mol. The van der Waals surface area contributed by atoms with E-state index in [1.165, 1.54) is 6.20 Å². The Labute approximate surface area is 76.6 Å². The standard InChI is InChI=1S/C9H10N2O2/c1-10-8-3-4-9(11-7-8)13-6-2-5-12/h3-4,7,12H,2,5-6H2. The highest BCUT2D eigenvalue weighted by Gasteiger charge is 1.95. The van der Waals surface area contributed by atoms with Crippen molar-refractivity contribution in [1.82, 2.24) is 4.98 Å².